The fourth-order valence-electron chi connectivity index (χ4n) is 5.47. The number of carbonyl (C=O) groups excluding carboxylic acids is 1. The number of hydrogen-bond acceptors (Lipinski definition) is 6. The summed E-state index contributed by atoms with van der Waals surface area (Å²) in [5.74, 6) is -0.519. The topological polar surface area (TPSA) is 107 Å². The van der Waals surface area contributed by atoms with E-state index in [1.807, 2.05) is 41.5 Å². The van der Waals surface area contributed by atoms with Gasteiger partial charge >= 0.3 is 5.97 Å². The molecule has 0 radical (unpaired) electrons. The standard InChI is InChI=1S/C31H31FN4O4/c1-30(2)23-6-5-14-34-29(23)36(16-17-40-20-37)27(30)12-8-21(19-33)7-11-26-31(3,4)24-18-22(32)9-10-25(24)35(26)15-13-28(38)39/h5-12,14,18,20H,13,15-17H2,1-4H3/p+1. The van der Waals surface area contributed by atoms with Crippen LogP contribution in [0.1, 0.15) is 45.2 Å². The van der Waals surface area contributed by atoms with Crippen LogP contribution in [0.2, 0.25) is 0 Å². The minimum absolute atomic E-state index is 0.0926. The van der Waals surface area contributed by atoms with Gasteiger partial charge in [0.15, 0.2) is 12.3 Å². The van der Waals surface area contributed by atoms with Crippen LogP contribution in [0.15, 0.2) is 72.1 Å². The van der Waals surface area contributed by atoms with E-state index in [4.69, 9.17) is 4.74 Å². The predicted molar refractivity (Wildman–Crippen MR) is 149 cm³/mol. The summed E-state index contributed by atoms with van der Waals surface area (Å²) in [6.45, 7) is 9.26. The van der Waals surface area contributed by atoms with Gasteiger partial charge in [-0.3, -0.25) is 9.59 Å². The SMILES string of the molecule is CC1(C)C(/C=C/C(C#N)=C/C=C2/N(CCOC=O)c3ncccc3C2(C)C)=[N+](CCC(=O)O)c2ccc(F)cc21. The third-order valence-corrected chi connectivity index (χ3v) is 7.52. The van der Waals surface area contributed by atoms with Crippen LogP contribution >= 0.6 is 0 Å². The Morgan fingerprint density at radius 1 is 1.23 bits per heavy atom. The molecule has 3 heterocycles. The Bertz CT molecular complexity index is 1510. The van der Waals surface area contributed by atoms with Gasteiger partial charge in [-0.05, 0) is 50.3 Å². The van der Waals surface area contributed by atoms with Gasteiger partial charge in [0.1, 0.15) is 24.7 Å². The zero-order valence-electron chi connectivity index (χ0n) is 23.0. The highest BCUT2D eigenvalue weighted by molar-refractivity contribution is 6.03. The van der Waals surface area contributed by atoms with E-state index < -0.39 is 16.8 Å². The van der Waals surface area contributed by atoms with Crippen molar-refractivity contribution in [2.24, 2.45) is 0 Å². The zero-order chi connectivity index (χ0) is 29.1. The Balaban J connectivity index is 1.72. The van der Waals surface area contributed by atoms with Gasteiger partial charge < -0.3 is 14.7 Å². The van der Waals surface area contributed by atoms with E-state index in [0.29, 0.717) is 18.6 Å². The average Bonchev–Trinajstić information content (AvgIpc) is 3.26. The number of benzene rings is 1. The lowest BCUT2D eigenvalue weighted by atomic mass is 9.81. The summed E-state index contributed by atoms with van der Waals surface area (Å²) in [5.41, 5.74) is 3.56. The van der Waals surface area contributed by atoms with Gasteiger partial charge in [-0.25, -0.2) is 9.37 Å². The molecule has 0 atom stereocenters. The lowest BCUT2D eigenvalue weighted by molar-refractivity contribution is -0.436. The first-order valence-corrected chi connectivity index (χ1v) is 13.0. The van der Waals surface area contributed by atoms with Gasteiger partial charge in [0, 0.05) is 40.6 Å². The monoisotopic (exact) mass is 543 g/mol. The maximum Gasteiger partial charge on any atom is 0.309 e. The van der Waals surface area contributed by atoms with E-state index in [9.17, 15) is 24.3 Å². The molecule has 0 aliphatic carbocycles. The third-order valence-electron chi connectivity index (χ3n) is 7.52. The maximum atomic E-state index is 14.1. The van der Waals surface area contributed by atoms with Gasteiger partial charge in [0.05, 0.1) is 23.6 Å². The Hall–Kier alpha value is -4.58. The summed E-state index contributed by atoms with van der Waals surface area (Å²) in [7, 11) is 0. The second kappa shape index (κ2) is 11.3. The van der Waals surface area contributed by atoms with Crippen LogP contribution in [0.25, 0.3) is 0 Å². The molecule has 0 bridgehead atoms. The molecule has 1 N–H and O–H groups in total. The molecule has 206 valence electrons. The molecule has 0 saturated carbocycles. The number of nitrogens with zero attached hydrogens (tertiary/aromatic N) is 4. The van der Waals surface area contributed by atoms with Crippen LogP contribution < -0.4 is 4.90 Å². The Labute approximate surface area is 233 Å². The molecular formula is C31H32FN4O4+. The molecule has 8 nitrogen and oxygen atoms in total. The minimum Gasteiger partial charge on any atom is -0.481 e. The molecular weight excluding hydrogens is 511 g/mol. The summed E-state index contributed by atoms with van der Waals surface area (Å²) in [6.07, 6.45) is 8.72. The van der Waals surface area contributed by atoms with Crippen LogP contribution in [0.5, 0.6) is 0 Å². The van der Waals surface area contributed by atoms with Crippen LogP contribution in [-0.4, -0.2) is 52.5 Å². The quantitative estimate of drug-likeness (QED) is 0.149. The number of rotatable bonds is 10. The average molecular weight is 544 g/mol. The maximum absolute atomic E-state index is 14.1. The summed E-state index contributed by atoms with van der Waals surface area (Å²) in [4.78, 5) is 28.6. The Kier molecular flexibility index (Phi) is 8.01. The van der Waals surface area contributed by atoms with Crippen LogP contribution in [-0.2, 0) is 25.2 Å². The smallest absolute Gasteiger partial charge is 0.309 e. The number of carboxylic acids is 1. The van der Waals surface area contributed by atoms with Crippen molar-refractivity contribution in [3.05, 3.63) is 89.0 Å². The van der Waals surface area contributed by atoms with E-state index >= 15 is 0 Å². The van der Waals surface area contributed by atoms with Crippen molar-refractivity contribution in [2.45, 2.75) is 44.9 Å². The highest BCUT2D eigenvalue weighted by atomic mass is 19.1. The number of carboxylic acid groups (broad SMARTS) is 1. The number of carbonyl (C=O) groups is 2. The second-order valence-electron chi connectivity index (χ2n) is 10.7. The first kappa shape index (κ1) is 28.4. The molecule has 1 aromatic carbocycles. The normalized spacial score (nSPS) is 18.1. The van der Waals surface area contributed by atoms with Gasteiger partial charge in [0.2, 0.25) is 5.69 Å². The highest BCUT2D eigenvalue weighted by Gasteiger charge is 2.45. The summed E-state index contributed by atoms with van der Waals surface area (Å²) < 4.78 is 21.0. The molecule has 4 rings (SSSR count). The van der Waals surface area contributed by atoms with Crippen molar-refractivity contribution < 1.29 is 28.4 Å². The molecule has 2 aliphatic heterocycles. The molecule has 0 spiro atoms. The summed E-state index contributed by atoms with van der Waals surface area (Å²) >= 11 is 0. The van der Waals surface area contributed by atoms with E-state index in [1.54, 1.807) is 30.5 Å². The summed E-state index contributed by atoms with van der Waals surface area (Å²) in [5, 5.41) is 19.3. The second-order valence-corrected chi connectivity index (χ2v) is 10.7. The molecule has 0 saturated heterocycles. The summed E-state index contributed by atoms with van der Waals surface area (Å²) in [6, 6.07) is 10.6. The number of ether oxygens (including phenoxy) is 1. The molecule has 40 heavy (non-hydrogen) atoms. The Morgan fingerprint density at radius 3 is 2.70 bits per heavy atom. The number of anilines is 1. The van der Waals surface area contributed by atoms with E-state index in [2.05, 4.69) is 24.9 Å². The number of aliphatic carboxylic acids is 1. The van der Waals surface area contributed by atoms with Crippen molar-refractivity contribution in [3.8, 4) is 6.07 Å². The van der Waals surface area contributed by atoms with Crippen molar-refractivity contribution in [2.75, 3.05) is 24.6 Å². The molecule has 9 heteroatoms. The number of nitriles is 1. The predicted octanol–water partition coefficient (Wildman–Crippen LogP) is 4.93. The van der Waals surface area contributed by atoms with Gasteiger partial charge in [-0.2, -0.15) is 9.84 Å². The van der Waals surface area contributed by atoms with Crippen LogP contribution in [0.3, 0.4) is 0 Å². The van der Waals surface area contributed by atoms with Gasteiger partial charge in [-0.15, -0.1) is 0 Å². The number of aromatic nitrogens is 1. The molecule has 0 unspecified atom stereocenters. The highest BCUT2D eigenvalue weighted by Crippen LogP contribution is 2.46. The Morgan fingerprint density at radius 2 is 2.00 bits per heavy atom. The number of fused-ring (bicyclic) bond motifs is 2. The molecule has 0 fully saturated rings. The fraction of sp³-hybridized carbons (Fsp3) is 0.323. The zero-order valence-corrected chi connectivity index (χ0v) is 23.0. The van der Waals surface area contributed by atoms with Crippen molar-refractivity contribution in [1.82, 2.24) is 4.98 Å². The largest absolute Gasteiger partial charge is 0.481 e. The van der Waals surface area contributed by atoms with Crippen molar-refractivity contribution in [3.63, 3.8) is 0 Å². The number of halogens is 1. The van der Waals surface area contributed by atoms with E-state index in [0.717, 1.165) is 34.0 Å². The van der Waals surface area contributed by atoms with Crippen LogP contribution in [0, 0.1) is 17.1 Å². The number of hydrogen-bond donors (Lipinski definition) is 1. The lowest BCUT2D eigenvalue weighted by Gasteiger charge is -2.26. The van der Waals surface area contributed by atoms with Crippen molar-refractivity contribution in [1.29, 1.82) is 5.26 Å². The first-order chi connectivity index (χ1) is 19.0. The molecule has 1 aromatic heterocycles. The number of allylic oxidation sites excluding steroid dienone is 6. The number of pyridine rings is 1. The minimum atomic E-state index is -0.932. The lowest BCUT2D eigenvalue weighted by Crippen LogP contribution is -2.29. The van der Waals surface area contributed by atoms with E-state index in [1.165, 1.54) is 12.1 Å². The molecule has 2 aromatic rings. The first-order valence-electron chi connectivity index (χ1n) is 13.0. The van der Waals surface area contributed by atoms with Gasteiger partial charge in [0.25, 0.3) is 6.47 Å². The third kappa shape index (κ3) is 5.30. The van der Waals surface area contributed by atoms with E-state index in [-0.39, 0.29) is 25.4 Å². The fourth-order valence-corrected chi connectivity index (χ4v) is 5.47. The van der Waals surface area contributed by atoms with Gasteiger partial charge in [-0.1, -0.05) is 19.9 Å². The van der Waals surface area contributed by atoms with Crippen LogP contribution in [0.4, 0.5) is 15.9 Å². The van der Waals surface area contributed by atoms with Crippen molar-refractivity contribution >= 4 is 29.7 Å². The molecule has 2 aliphatic rings. The molecule has 0 amide bonds.